The zero-order chi connectivity index (χ0) is 17.5. The first-order valence-electron chi connectivity index (χ1n) is 8.52. The molecule has 7 nitrogen and oxygen atoms in total. The quantitative estimate of drug-likeness (QED) is 0.613. The lowest BCUT2D eigenvalue weighted by Gasteiger charge is -2.16. The summed E-state index contributed by atoms with van der Waals surface area (Å²) in [5.74, 6) is 1.64. The van der Waals surface area contributed by atoms with Crippen LogP contribution < -0.4 is 0 Å². The Balaban J connectivity index is 1.36. The van der Waals surface area contributed by atoms with Crippen molar-refractivity contribution in [1.29, 1.82) is 0 Å². The van der Waals surface area contributed by atoms with Crippen molar-refractivity contribution in [1.82, 2.24) is 20.0 Å². The van der Waals surface area contributed by atoms with Gasteiger partial charge in [-0.15, -0.1) is 0 Å². The van der Waals surface area contributed by atoms with Gasteiger partial charge in [-0.2, -0.15) is 4.98 Å². The van der Waals surface area contributed by atoms with Gasteiger partial charge in [0.05, 0.1) is 6.26 Å². The van der Waals surface area contributed by atoms with Gasteiger partial charge in [-0.25, -0.2) is 0 Å². The highest BCUT2D eigenvalue weighted by molar-refractivity contribution is 6.06. The van der Waals surface area contributed by atoms with Crippen LogP contribution in [0.4, 0.5) is 0 Å². The lowest BCUT2D eigenvalue weighted by Crippen LogP contribution is -2.28. The number of hydrogen-bond donors (Lipinski definition) is 1. The zero-order valence-corrected chi connectivity index (χ0v) is 13.9. The van der Waals surface area contributed by atoms with Gasteiger partial charge in [0, 0.05) is 41.7 Å². The standard InChI is InChI=1S/C19H16N4O3/c24-19(14-3-1-4-15-13(14)6-8-20-15)23-9-7-12(11-23)17-21-18(26-22-17)16-5-2-10-25-16/h1-6,8,10,12,20H,7,9,11H2/t12-/m1/s1. The topological polar surface area (TPSA) is 88.2 Å². The Morgan fingerprint density at radius 2 is 2.19 bits per heavy atom. The maximum Gasteiger partial charge on any atom is 0.293 e. The second-order valence-corrected chi connectivity index (χ2v) is 6.42. The number of aromatic nitrogens is 3. The first-order chi connectivity index (χ1) is 12.8. The minimum absolute atomic E-state index is 0.0347. The van der Waals surface area contributed by atoms with E-state index in [4.69, 9.17) is 8.94 Å². The minimum Gasteiger partial charge on any atom is -0.459 e. The summed E-state index contributed by atoms with van der Waals surface area (Å²) < 4.78 is 10.6. The van der Waals surface area contributed by atoms with E-state index in [1.54, 1.807) is 18.4 Å². The molecule has 1 amide bonds. The van der Waals surface area contributed by atoms with Gasteiger partial charge in [0.15, 0.2) is 11.6 Å². The van der Waals surface area contributed by atoms with Gasteiger partial charge in [0.25, 0.3) is 11.8 Å². The SMILES string of the molecule is O=C(c1cccc2[nH]ccc12)N1CC[C@@H](c2noc(-c3ccco3)n2)C1. The number of furan rings is 1. The Hall–Kier alpha value is -3.35. The monoisotopic (exact) mass is 348 g/mol. The van der Waals surface area contributed by atoms with Crippen LogP contribution in [-0.2, 0) is 0 Å². The van der Waals surface area contributed by atoms with Crippen LogP contribution in [0, 0.1) is 0 Å². The van der Waals surface area contributed by atoms with Gasteiger partial charge in [0.1, 0.15) is 0 Å². The van der Waals surface area contributed by atoms with Gasteiger partial charge in [-0.3, -0.25) is 4.79 Å². The molecule has 7 heteroatoms. The Bertz CT molecular complexity index is 1060. The summed E-state index contributed by atoms with van der Waals surface area (Å²) in [6.45, 7) is 1.26. The van der Waals surface area contributed by atoms with Crippen molar-refractivity contribution < 1.29 is 13.7 Å². The summed E-state index contributed by atoms with van der Waals surface area (Å²) in [6.07, 6.45) is 4.23. The lowest BCUT2D eigenvalue weighted by atomic mass is 10.1. The normalized spacial score (nSPS) is 17.2. The van der Waals surface area contributed by atoms with Gasteiger partial charge >= 0.3 is 0 Å². The molecule has 0 spiro atoms. The molecular weight excluding hydrogens is 332 g/mol. The molecule has 1 atom stereocenters. The van der Waals surface area contributed by atoms with Crippen molar-refractivity contribution in [2.75, 3.05) is 13.1 Å². The molecule has 130 valence electrons. The van der Waals surface area contributed by atoms with Crippen LogP contribution in [0.1, 0.15) is 28.5 Å². The van der Waals surface area contributed by atoms with E-state index in [2.05, 4.69) is 15.1 Å². The minimum atomic E-state index is 0.0347. The Morgan fingerprint density at radius 1 is 1.23 bits per heavy atom. The molecule has 26 heavy (non-hydrogen) atoms. The number of hydrogen-bond acceptors (Lipinski definition) is 5. The molecule has 5 rings (SSSR count). The molecule has 1 saturated heterocycles. The van der Waals surface area contributed by atoms with Crippen LogP contribution >= 0.6 is 0 Å². The summed E-state index contributed by atoms with van der Waals surface area (Å²) in [5.41, 5.74) is 1.68. The first-order valence-corrected chi connectivity index (χ1v) is 8.52. The molecule has 0 unspecified atom stereocenters. The van der Waals surface area contributed by atoms with E-state index < -0.39 is 0 Å². The maximum atomic E-state index is 13.0. The number of carbonyl (C=O) groups is 1. The third kappa shape index (κ3) is 2.40. The number of aromatic amines is 1. The van der Waals surface area contributed by atoms with E-state index in [1.165, 1.54) is 0 Å². The molecule has 1 fully saturated rings. The van der Waals surface area contributed by atoms with Crippen molar-refractivity contribution in [3.05, 3.63) is 60.2 Å². The van der Waals surface area contributed by atoms with E-state index in [0.29, 0.717) is 36.1 Å². The average molecular weight is 348 g/mol. The number of carbonyl (C=O) groups excluding carboxylic acids is 1. The maximum absolute atomic E-state index is 13.0. The highest BCUT2D eigenvalue weighted by atomic mass is 16.5. The highest BCUT2D eigenvalue weighted by Crippen LogP contribution is 2.29. The van der Waals surface area contributed by atoms with E-state index in [0.717, 1.165) is 17.3 Å². The molecule has 1 aliphatic heterocycles. The summed E-state index contributed by atoms with van der Waals surface area (Å²) in [7, 11) is 0. The van der Waals surface area contributed by atoms with E-state index in [-0.39, 0.29) is 11.8 Å². The van der Waals surface area contributed by atoms with E-state index in [9.17, 15) is 4.79 Å². The van der Waals surface area contributed by atoms with Crippen LogP contribution in [0.2, 0.25) is 0 Å². The second kappa shape index (κ2) is 5.87. The Labute approximate surface area is 148 Å². The molecule has 0 radical (unpaired) electrons. The second-order valence-electron chi connectivity index (χ2n) is 6.42. The largest absolute Gasteiger partial charge is 0.459 e. The lowest BCUT2D eigenvalue weighted by molar-refractivity contribution is 0.0792. The molecule has 4 aromatic rings. The molecule has 0 saturated carbocycles. The van der Waals surface area contributed by atoms with Crippen molar-refractivity contribution >= 4 is 16.8 Å². The molecular formula is C19H16N4O3. The van der Waals surface area contributed by atoms with Crippen LogP contribution in [0.3, 0.4) is 0 Å². The number of fused-ring (bicyclic) bond motifs is 1. The average Bonchev–Trinajstić information content (AvgIpc) is 3.46. The van der Waals surface area contributed by atoms with Crippen LogP contribution in [0.5, 0.6) is 0 Å². The number of nitrogens with zero attached hydrogens (tertiary/aromatic N) is 3. The van der Waals surface area contributed by atoms with Crippen molar-refractivity contribution in [2.24, 2.45) is 0 Å². The van der Waals surface area contributed by atoms with Gasteiger partial charge in [0.2, 0.25) is 0 Å². The fraction of sp³-hybridized carbons (Fsp3) is 0.211. The summed E-state index contributed by atoms with van der Waals surface area (Å²) in [6, 6.07) is 11.2. The summed E-state index contributed by atoms with van der Waals surface area (Å²) >= 11 is 0. The molecule has 0 bridgehead atoms. The third-order valence-corrected chi connectivity index (χ3v) is 4.84. The van der Waals surface area contributed by atoms with Crippen LogP contribution in [0.15, 0.2) is 57.8 Å². The molecule has 1 N–H and O–H groups in total. The number of amides is 1. The van der Waals surface area contributed by atoms with Gasteiger partial charge in [-0.1, -0.05) is 11.2 Å². The highest BCUT2D eigenvalue weighted by Gasteiger charge is 2.32. The predicted molar refractivity (Wildman–Crippen MR) is 93.6 cm³/mol. The first kappa shape index (κ1) is 14.9. The zero-order valence-electron chi connectivity index (χ0n) is 13.9. The third-order valence-electron chi connectivity index (χ3n) is 4.84. The molecule has 1 aliphatic rings. The number of rotatable bonds is 3. The Kier molecular flexibility index (Phi) is 3.38. The number of benzene rings is 1. The van der Waals surface area contributed by atoms with Crippen LogP contribution in [-0.4, -0.2) is 39.0 Å². The Morgan fingerprint density at radius 3 is 3.08 bits per heavy atom. The fourth-order valence-corrected chi connectivity index (χ4v) is 3.50. The van der Waals surface area contributed by atoms with Crippen molar-refractivity contribution in [2.45, 2.75) is 12.3 Å². The van der Waals surface area contributed by atoms with Crippen molar-refractivity contribution in [3.8, 4) is 11.7 Å². The van der Waals surface area contributed by atoms with Gasteiger partial charge < -0.3 is 18.8 Å². The molecule has 1 aromatic carbocycles. The van der Waals surface area contributed by atoms with Crippen LogP contribution in [0.25, 0.3) is 22.6 Å². The van der Waals surface area contributed by atoms with Gasteiger partial charge in [-0.05, 0) is 36.8 Å². The molecule has 4 heterocycles. The fourth-order valence-electron chi connectivity index (χ4n) is 3.50. The summed E-state index contributed by atoms with van der Waals surface area (Å²) in [5, 5.41) is 5.02. The predicted octanol–water partition coefficient (Wildman–Crippen LogP) is 3.44. The smallest absolute Gasteiger partial charge is 0.293 e. The number of likely N-dealkylation sites (tertiary alicyclic amines) is 1. The summed E-state index contributed by atoms with van der Waals surface area (Å²) in [4.78, 5) is 22.4. The molecule has 0 aliphatic carbocycles. The van der Waals surface area contributed by atoms with E-state index >= 15 is 0 Å². The van der Waals surface area contributed by atoms with Crippen molar-refractivity contribution in [3.63, 3.8) is 0 Å². The number of nitrogens with one attached hydrogen (secondary N) is 1. The van der Waals surface area contributed by atoms with E-state index in [1.807, 2.05) is 35.4 Å². The molecule has 3 aromatic heterocycles. The number of H-pyrrole nitrogens is 1.